The second kappa shape index (κ2) is 17.2. The van der Waals surface area contributed by atoms with E-state index in [-0.39, 0.29) is 24.8 Å². The Morgan fingerprint density at radius 3 is 1.26 bits per heavy atom. The van der Waals surface area contributed by atoms with Gasteiger partial charge in [-0.2, -0.15) is 0 Å². The minimum absolute atomic E-state index is 0. The molecule has 2 aliphatic carbocycles. The van der Waals surface area contributed by atoms with Crippen LogP contribution in [0.5, 0.6) is 0 Å². The second-order valence-electron chi connectivity index (χ2n) is 14.0. The van der Waals surface area contributed by atoms with Crippen molar-refractivity contribution in [1.82, 2.24) is 0 Å². The third-order valence-corrected chi connectivity index (χ3v) is 15.3. The zero-order chi connectivity index (χ0) is 34.9. The first-order valence-corrected chi connectivity index (χ1v) is 21.7. The predicted molar refractivity (Wildman–Crippen MR) is 209 cm³/mol. The van der Waals surface area contributed by atoms with Gasteiger partial charge in [0.2, 0.25) is 0 Å². The summed E-state index contributed by atoms with van der Waals surface area (Å²) in [5.41, 5.74) is 16.3. The van der Waals surface area contributed by atoms with Crippen molar-refractivity contribution in [2.24, 2.45) is 0 Å². The number of rotatable bonds is 12. The van der Waals surface area contributed by atoms with E-state index in [4.69, 9.17) is 8.83 Å². The van der Waals surface area contributed by atoms with Crippen molar-refractivity contribution < 1.29 is 56.9 Å². The van der Waals surface area contributed by atoms with Crippen molar-refractivity contribution in [3.8, 4) is 22.3 Å². The molecule has 2 atom stereocenters. The second-order valence-corrected chi connectivity index (χ2v) is 17.6. The average molecular weight is 817 g/mol. The summed E-state index contributed by atoms with van der Waals surface area (Å²) in [6, 6.07) is 41.2. The van der Waals surface area contributed by atoms with E-state index in [9.17, 15) is 0 Å². The van der Waals surface area contributed by atoms with Crippen LogP contribution < -0.4 is 24.8 Å². The summed E-state index contributed by atoms with van der Waals surface area (Å²) in [4.78, 5) is 0. The van der Waals surface area contributed by atoms with Crippen LogP contribution in [0.2, 0.25) is 0 Å². The van der Waals surface area contributed by atoms with Crippen LogP contribution in [0.1, 0.15) is 104 Å². The molecule has 268 valence electrons. The van der Waals surface area contributed by atoms with E-state index in [1.807, 2.05) is 0 Å². The number of aryl methyl sites for hydroxylation is 4. The summed E-state index contributed by atoms with van der Waals surface area (Å²) < 4.78 is 13.8. The molecule has 2 aromatic heterocycles. The molecule has 2 heterocycles. The van der Waals surface area contributed by atoms with Crippen LogP contribution in [0, 0.1) is 0 Å². The number of furan rings is 2. The summed E-state index contributed by atoms with van der Waals surface area (Å²) in [7, 11) is 0. The van der Waals surface area contributed by atoms with Gasteiger partial charge in [0.25, 0.3) is 0 Å². The first-order chi connectivity index (χ1) is 25.1. The number of hydrogen-bond donors (Lipinski definition) is 0. The molecule has 0 saturated carbocycles. The third kappa shape index (κ3) is 7.68. The maximum atomic E-state index is 6.56. The molecule has 4 aromatic carbocycles. The van der Waals surface area contributed by atoms with Crippen LogP contribution in [-0.4, -0.2) is 0 Å². The van der Waals surface area contributed by atoms with Gasteiger partial charge in [-0.05, 0) is 0 Å². The third-order valence-electron chi connectivity index (χ3n) is 10.7. The van der Waals surface area contributed by atoms with Crippen LogP contribution >= 0.6 is 0 Å². The van der Waals surface area contributed by atoms with Gasteiger partial charge in [-0.15, -0.1) is 0 Å². The predicted octanol–water partition coefficient (Wildman–Crippen LogP) is 7.22. The van der Waals surface area contributed by atoms with Gasteiger partial charge < -0.3 is 24.8 Å². The maximum Gasteiger partial charge on any atom is -1.00 e. The van der Waals surface area contributed by atoms with Gasteiger partial charge >= 0.3 is 317 Å². The Bertz CT molecular complexity index is 2080. The molecule has 0 bridgehead atoms. The molecule has 8 rings (SSSR count). The van der Waals surface area contributed by atoms with Gasteiger partial charge in [0.05, 0.1) is 0 Å². The van der Waals surface area contributed by atoms with Gasteiger partial charge in [-0.3, -0.25) is 0 Å². The fraction of sp³-hybridized carbons (Fsp3) is 0.250. The van der Waals surface area contributed by atoms with Crippen molar-refractivity contribution in [3.05, 3.63) is 166 Å². The van der Waals surface area contributed by atoms with E-state index in [2.05, 4.69) is 149 Å². The van der Waals surface area contributed by atoms with Gasteiger partial charge in [0, 0.05) is 0 Å². The van der Waals surface area contributed by atoms with Crippen LogP contribution in [0.4, 0.5) is 0 Å². The topological polar surface area (TPSA) is 26.3 Å². The van der Waals surface area contributed by atoms with E-state index in [1.165, 1.54) is 66.8 Å². The molecule has 2 nitrogen and oxygen atoms in total. The summed E-state index contributed by atoms with van der Waals surface area (Å²) in [6.07, 6.45) is 11.3. The van der Waals surface area contributed by atoms with Gasteiger partial charge in [-0.1, -0.05) is 0 Å². The van der Waals surface area contributed by atoms with Crippen LogP contribution in [0.3, 0.4) is 0 Å². The zero-order valence-electron chi connectivity index (χ0n) is 31.0. The van der Waals surface area contributed by atoms with Crippen molar-refractivity contribution in [2.45, 2.75) is 73.5 Å². The molecular formula is C48H46Cl2O2Zr. The Labute approximate surface area is 339 Å². The molecule has 0 amide bonds. The zero-order valence-corrected chi connectivity index (χ0v) is 35.0. The van der Waals surface area contributed by atoms with Gasteiger partial charge in [-0.25, -0.2) is 0 Å². The largest absolute Gasteiger partial charge is 1.00 e. The average Bonchev–Trinajstić information content (AvgIpc) is 3.98. The Kier molecular flexibility index (Phi) is 12.7. The first kappa shape index (κ1) is 39.1. The number of halogens is 2. The summed E-state index contributed by atoms with van der Waals surface area (Å²) >= 11 is -1.31. The molecule has 0 saturated heterocycles. The van der Waals surface area contributed by atoms with Crippen molar-refractivity contribution in [3.63, 3.8) is 0 Å². The van der Waals surface area contributed by atoms with Gasteiger partial charge in [0.1, 0.15) is 0 Å². The number of allylic oxidation sites excluding steroid dienone is 2. The summed E-state index contributed by atoms with van der Waals surface area (Å²) in [5, 5.41) is 0. The normalized spacial score (nSPS) is 15.5. The van der Waals surface area contributed by atoms with Crippen molar-refractivity contribution in [2.75, 3.05) is 0 Å². The molecule has 2 unspecified atom stereocenters. The molecule has 53 heavy (non-hydrogen) atoms. The van der Waals surface area contributed by atoms with Crippen LogP contribution in [0.25, 0.3) is 45.6 Å². The summed E-state index contributed by atoms with van der Waals surface area (Å²) in [5.74, 6) is 4.13. The molecule has 0 radical (unpaired) electrons. The molecular weight excluding hydrogens is 771 g/mol. The van der Waals surface area contributed by atoms with E-state index in [0.29, 0.717) is 7.25 Å². The minimum atomic E-state index is -1.31. The fourth-order valence-corrected chi connectivity index (χ4v) is 12.9. The molecule has 0 N–H and O–H groups in total. The molecule has 5 heteroatoms. The SMILES string of the molecule is CCCc1ccc(-c2cccc3c2C=C(c2ccc(CC)o2)[CH]3[Zr+2][CH]2C(c3ccc(CC)o3)=Cc3c(-c4ccc(CCC)cc4)cccc32)cc1.[Cl-].[Cl-]. The standard InChI is InChI=1S/2C24H23O.2ClH.Zr/c2*1-3-6-17-9-11-18(12-10-17)22-8-5-7-19-15-20(16-23(19)22)24-14-13-21(4-2)25-24;;;/h2*5,7-16H,3-4,6H2,1-2H3;2*1H;/q;;;;+2/p-2. The molecule has 6 aromatic rings. The number of hydrogen-bond acceptors (Lipinski definition) is 2. The molecule has 0 spiro atoms. The van der Waals surface area contributed by atoms with Crippen molar-refractivity contribution in [1.29, 1.82) is 0 Å². The Balaban J connectivity index is 0.00000240. The Hall–Kier alpha value is -3.62. The monoisotopic (exact) mass is 814 g/mol. The van der Waals surface area contributed by atoms with E-state index in [1.54, 1.807) is 0 Å². The quantitative estimate of drug-likeness (QED) is 0.131. The Morgan fingerprint density at radius 2 is 0.906 bits per heavy atom. The molecule has 2 aliphatic rings. The van der Waals surface area contributed by atoms with Crippen molar-refractivity contribution >= 4 is 23.3 Å². The molecule has 0 aliphatic heterocycles. The smallest absolute Gasteiger partial charge is 1.00 e. The first-order valence-electron chi connectivity index (χ1n) is 18.9. The fourth-order valence-electron chi connectivity index (χ4n) is 7.99. The maximum absolute atomic E-state index is 6.56. The van der Waals surface area contributed by atoms with Crippen LogP contribution in [0.15, 0.2) is 118 Å². The van der Waals surface area contributed by atoms with E-state index < -0.39 is 23.2 Å². The summed E-state index contributed by atoms with van der Waals surface area (Å²) in [6.45, 7) is 8.84. The number of benzene rings is 4. The molecule has 0 fully saturated rings. The van der Waals surface area contributed by atoms with Crippen LogP contribution in [-0.2, 0) is 48.9 Å². The van der Waals surface area contributed by atoms with Gasteiger partial charge in [0.15, 0.2) is 0 Å². The van der Waals surface area contributed by atoms with E-state index in [0.717, 1.165) is 61.6 Å². The van der Waals surface area contributed by atoms with E-state index >= 15 is 0 Å². The number of fused-ring (bicyclic) bond motifs is 2. The minimum Gasteiger partial charge on any atom is -1.00 e. The Morgan fingerprint density at radius 1 is 0.491 bits per heavy atom.